The number of amides is 1. The Bertz CT molecular complexity index is 857. The number of Topliss-reactive ketones (excluding diaryl/α,β-unsaturated/α-hetero) is 1. The topological polar surface area (TPSA) is 57.6 Å². The predicted molar refractivity (Wildman–Crippen MR) is 93.3 cm³/mol. The van der Waals surface area contributed by atoms with Gasteiger partial charge in [0.15, 0.2) is 5.78 Å². The second-order valence-corrected chi connectivity index (χ2v) is 6.48. The van der Waals surface area contributed by atoms with Crippen LogP contribution in [0.1, 0.15) is 24.0 Å². The van der Waals surface area contributed by atoms with Crippen LogP contribution in [0.25, 0.3) is 0 Å². The van der Waals surface area contributed by atoms with Crippen molar-refractivity contribution in [3.63, 3.8) is 0 Å². The van der Waals surface area contributed by atoms with Gasteiger partial charge >= 0.3 is 6.09 Å². The summed E-state index contributed by atoms with van der Waals surface area (Å²) in [4.78, 5) is 25.3. The Morgan fingerprint density at radius 3 is 2.73 bits per heavy atom. The summed E-state index contributed by atoms with van der Waals surface area (Å²) >= 11 is 0. The Kier molecular flexibility index (Phi) is 4.76. The zero-order valence-electron chi connectivity index (χ0n) is 14.4. The van der Waals surface area contributed by atoms with Crippen LogP contribution in [0.2, 0.25) is 0 Å². The molecule has 0 aliphatic heterocycles. The molecule has 6 heteroatoms. The molecule has 136 valence electrons. The minimum Gasteiger partial charge on any atom is -0.465 e. The van der Waals surface area contributed by atoms with E-state index >= 15 is 0 Å². The Hall–Kier alpha value is -2.76. The number of hydrogen-bond donors (Lipinski definition) is 1. The molecular weight excluding hydrogens is 340 g/mol. The van der Waals surface area contributed by atoms with Gasteiger partial charge in [0.2, 0.25) is 0 Å². The highest BCUT2D eigenvalue weighted by atomic mass is 19.1. The van der Waals surface area contributed by atoms with Crippen LogP contribution in [-0.2, 0) is 11.2 Å². The van der Waals surface area contributed by atoms with E-state index in [-0.39, 0.29) is 6.42 Å². The van der Waals surface area contributed by atoms with Crippen molar-refractivity contribution in [1.82, 2.24) is 4.90 Å². The normalized spacial score (nSPS) is 22.3. The van der Waals surface area contributed by atoms with Crippen molar-refractivity contribution in [3.8, 4) is 0 Å². The quantitative estimate of drug-likeness (QED) is 0.893. The molecule has 0 spiro atoms. The summed E-state index contributed by atoms with van der Waals surface area (Å²) < 4.78 is 28.8. The molecule has 0 bridgehead atoms. The van der Waals surface area contributed by atoms with Crippen molar-refractivity contribution < 1.29 is 23.5 Å². The maximum Gasteiger partial charge on any atom is 0.407 e. The van der Waals surface area contributed by atoms with Crippen LogP contribution in [0.3, 0.4) is 0 Å². The number of halogens is 2. The first-order valence-corrected chi connectivity index (χ1v) is 8.32. The Morgan fingerprint density at radius 1 is 1.31 bits per heavy atom. The van der Waals surface area contributed by atoms with Gasteiger partial charge in [0.05, 0.1) is 12.0 Å². The van der Waals surface area contributed by atoms with E-state index in [1.807, 2.05) is 0 Å². The molecule has 1 amide bonds. The van der Waals surface area contributed by atoms with E-state index in [1.165, 1.54) is 38.3 Å². The summed E-state index contributed by atoms with van der Waals surface area (Å²) in [7, 11) is 1.30. The van der Waals surface area contributed by atoms with E-state index in [9.17, 15) is 23.5 Å². The van der Waals surface area contributed by atoms with Crippen LogP contribution in [0.15, 0.2) is 53.6 Å². The number of alkyl halides is 1. The summed E-state index contributed by atoms with van der Waals surface area (Å²) in [6.07, 6.45) is 3.73. The van der Waals surface area contributed by atoms with Gasteiger partial charge in [0, 0.05) is 7.05 Å². The van der Waals surface area contributed by atoms with Gasteiger partial charge in [0.1, 0.15) is 12.0 Å². The lowest BCUT2D eigenvalue weighted by Gasteiger charge is -2.29. The van der Waals surface area contributed by atoms with E-state index in [0.29, 0.717) is 22.3 Å². The van der Waals surface area contributed by atoms with Crippen molar-refractivity contribution >= 4 is 11.9 Å². The van der Waals surface area contributed by atoms with Gasteiger partial charge in [-0.3, -0.25) is 4.79 Å². The Balaban J connectivity index is 2.16. The molecule has 3 rings (SSSR count). The highest BCUT2D eigenvalue weighted by Crippen LogP contribution is 2.41. The number of nitrogens with zero attached hydrogens (tertiary/aromatic N) is 1. The molecular formula is C20H19F2NO3. The van der Waals surface area contributed by atoms with Crippen molar-refractivity contribution in [3.05, 3.63) is 70.6 Å². The SMILES string of the molecule is CC(C(=O)C1C2=CC=CC(F)C2=CCc2c(F)cccc21)N(C)C(=O)O. The summed E-state index contributed by atoms with van der Waals surface area (Å²) in [5.41, 5.74) is 1.60. The monoisotopic (exact) mass is 359 g/mol. The fraction of sp³-hybridized carbons (Fsp3) is 0.300. The predicted octanol–water partition coefficient (Wildman–Crippen LogP) is 3.79. The summed E-state index contributed by atoms with van der Waals surface area (Å²) in [6.45, 7) is 1.48. The molecule has 0 fully saturated rings. The molecule has 1 N–H and O–H groups in total. The molecule has 2 aliphatic rings. The molecule has 0 saturated carbocycles. The fourth-order valence-electron chi connectivity index (χ4n) is 3.45. The maximum absolute atomic E-state index is 14.4. The summed E-state index contributed by atoms with van der Waals surface area (Å²) in [5, 5.41) is 9.19. The van der Waals surface area contributed by atoms with E-state index in [4.69, 9.17) is 0 Å². The molecule has 0 radical (unpaired) electrons. The first-order chi connectivity index (χ1) is 12.3. The molecule has 3 atom stereocenters. The lowest BCUT2D eigenvalue weighted by atomic mass is 9.78. The number of likely N-dealkylation sites (N-methyl/N-ethyl adjacent to an activating group) is 1. The number of ketones is 1. The third kappa shape index (κ3) is 2.96. The molecule has 1 aromatic carbocycles. The highest BCUT2D eigenvalue weighted by Gasteiger charge is 2.38. The number of benzene rings is 1. The minimum atomic E-state index is -1.38. The van der Waals surface area contributed by atoms with Gasteiger partial charge in [-0.25, -0.2) is 13.6 Å². The third-order valence-corrected chi connectivity index (χ3v) is 5.07. The van der Waals surface area contributed by atoms with Crippen molar-refractivity contribution in [2.24, 2.45) is 0 Å². The lowest BCUT2D eigenvalue weighted by Crippen LogP contribution is -2.42. The second-order valence-electron chi connectivity index (χ2n) is 6.48. The van der Waals surface area contributed by atoms with Gasteiger partial charge in [-0.2, -0.15) is 0 Å². The van der Waals surface area contributed by atoms with Gasteiger partial charge < -0.3 is 10.0 Å². The molecule has 0 heterocycles. The van der Waals surface area contributed by atoms with Crippen LogP contribution in [0.4, 0.5) is 13.6 Å². The van der Waals surface area contributed by atoms with Gasteiger partial charge in [0.25, 0.3) is 0 Å². The smallest absolute Gasteiger partial charge is 0.407 e. The molecule has 3 unspecified atom stereocenters. The van der Waals surface area contributed by atoms with Crippen LogP contribution < -0.4 is 0 Å². The largest absolute Gasteiger partial charge is 0.465 e. The molecule has 1 aromatic rings. The third-order valence-electron chi connectivity index (χ3n) is 5.07. The first kappa shape index (κ1) is 18.0. The van der Waals surface area contributed by atoms with Crippen LogP contribution >= 0.6 is 0 Å². The Morgan fingerprint density at radius 2 is 2.04 bits per heavy atom. The number of carbonyl (C=O) groups is 2. The number of rotatable bonds is 3. The van der Waals surface area contributed by atoms with Gasteiger partial charge in [-0.05, 0) is 47.8 Å². The molecule has 0 aromatic heterocycles. The zero-order valence-corrected chi connectivity index (χ0v) is 14.4. The molecule has 26 heavy (non-hydrogen) atoms. The summed E-state index contributed by atoms with van der Waals surface area (Å²) in [6, 6.07) is 3.51. The van der Waals surface area contributed by atoms with Crippen LogP contribution in [-0.4, -0.2) is 41.1 Å². The van der Waals surface area contributed by atoms with E-state index in [0.717, 1.165) is 4.90 Å². The number of fused-ring (bicyclic) bond motifs is 2. The maximum atomic E-state index is 14.4. The minimum absolute atomic E-state index is 0.176. The van der Waals surface area contributed by atoms with Crippen molar-refractivity contribution in [1.29, 1.82) is 0 Å². The van der Waals surface area contributed by atoms with Gasteiger partial charge in [-0.1, -0.05) is 30.4 Å². The van der Waals surface area contributed by atoms with E-state index in [1.54, 1.807) is 18.2 Å². The summed E-state index contributed by atoms with van der Waals surface area (Å²) in [5.74, 6) is -1.79. The zero-order chi connectivity index (χ0) is 19.0. The number of carboxylic acid groups (broad SMARTS) is 1. The first-order valence-electron chi connectivity index (χ1n) is 8.32. The lowest BCUT2D eigenvalue weighted by molar-refractivity contribution is -0.123. The standard InChI is InChI=1S/C20H19F2NO3/c1-11(23(2)20(25)26)19(24)18-14-5-3-7-16(21)12(14)9-10-13-15(18)6-4-8-17(13)22/h3-9,11,16,18H,10H2,1-2H3,(H,25,26). The van der Waals surface area contributed by atoms with Crippen LogP contribution in [0.5, 0.6) is 0 Å². The Labute approximate surface area is 150 Å². The number of hydrogen-bond acceptors (Lipinski definition) is 2. The van der Waals surface area contributed by atoms with Crippen molar-refractivity contribution in [2.75, 3.05) is 7.05 Å². The molecule has 4 nitrogen and oxygen atoms in total. The molecule has 2 aliphatic carbocycles. The molecule has 0 saturated heterocycles. The average molecular weight is 359 g/mol. The van der Waals surface area contributed by atoms with E-state index < -0.39 is 35.8 Å². The number of allylic oxidation sites excluding steroid dienone is 6. The van der Waals surface area contributed by atoms with E-state index in [2.05, 4.69) is 0 Å². The average Bonchev–Trinajstić information content (AvgIpc) is 2.78. The second kappa shape index (κ2) is 6.86. The van der Waals surface area contributed by atoms with Gasteiger partial charge in [-0.15, -0.1) is 0 Å². The fourth-order valence-corrected chi connectivity index (χ4v) is 3.45. The highest BCUT2D eigenvalue weighted by molar-refractivity contribution is 5.96. The van der Waals surface area contributed by atoms with Crippen molar-refractivity contribution in [2.45, 2.75) is 31.5 Å². The van der Waals surface area contributed by atoms with Crippen LogP contribution in [0, 0.1) is 5.82 Å². The number of carbonyl (C=O) groups excluding carboxylic acids is 1.